The number of nitrogens with zero attached hydrogens (tertiary/aromatic N) is 4. The van der Waals surface area contributed by atoms with Crippen LogP contribution in [0, 0.1) is 6.92 Å². The van der Waals surface area contributed by atoms with Crippen LogP contribution in [-0.4, -0.2) is 39.2 Å². The molecule has 0 aliphatic rings. The molecule has 0 aliphatic heterocycles. The second-order valence-corrected chi connectivity index (χ2v) is 7.67. The molecule has 1 amide bonds. The maximum absolute atomic E-state index is 12.0. The normalized spacial score (nSPS) is 10.9. The van der Waals surface area contributed by atoms with E-state index in [2.05, 4.69) is 39.8 Å². The lowest BCUT2D eigenvalue weighted by Gasteiger charge is -2.13. The van der Waals surface area contributed by atoms with Crippen LogP contribution in [0.1, 0.15) is 23.6 Å². The lowest BCUT2D eigenvalue weighted by Crippen LogP contribution is -2.19. The van der Waals surface area contributed by atoms with E-state index in [4.69, 9.17) is 9.47 Å². The van der Waals surface area contributed by atoms with E-state index in [0.29, 0.717) is 29.9 Å². The summed E-state index contributed by atoms with van der Waals surface area (Å²) in [6.07, 6.45) is 3.15. The van der Waals surface area contributed by atoms with Gasteiger partial charge in [-0.1, -0.05) is 41.6 Å². The van der Waals surface area contributed by atoms with Crippen molar-refractivity contribution in [3.05, 3.63) is 65.5 Å². The van der Waals surface area contributed by atoms with E-state index < -0.39 is 0 Å². The van der Waals surface area contributed by atoms with Crippen molar-refractivity contribution in [3.63, 3.8) is 0 Å². The summed E-state index contributed by atoms with van der Waals surface area (Å²) in [7, 11) is 1.82. The van der Waals surface area contributed by atoms with Crippen LogP contribution in [0.3, 0.4) is 0 Å². The predicted octanol–water partition coefficient (Wildman–Crippen LogP) is 3.34. The number of thioether (sulfide) groups is 1. The number of ether oxygens (including phenoxy) is 2. The number of hydrogen-bond donors (Lipinski definition) is 1. The van der Waals surface area contributed by atoms with Crippen molar-refractivity contribution in [1.29, 1.82) is 0 Å². The van der Waals surface area contributed by atoms with Gasteiger partial charge in [-0.3, -0.25) is 4.79 Å². The Morgan fingerprint density at radius 2 is 2.10 bits per heavy atom. The van der Waals surface area contributed by atoms with Crippen LogP contribution < -0.4 is 14.9 Å². The second kappa shape index (κ2) is 11.2. The van der Waals surface area contributed by atoms with Crippen molar-refractivity contribution >= 4 is 23.9 Å². The smallest absolute Gasteiger partial charge is 0.250 e. The van der Waals surface area contributed by atoms with Gasteiger partial charge in [-0.2, -0.15) is 5.10 Å². The average molecular weight is 440 g/mol. The number of amides is 1. The molecule has 1 N–H and O–H groups in total. The maximum Gasteiger partial charge on any atom is 0.250 e. The van der Waals surface area contributed by atoms with Crippen LogP contribution in [0.25, 0.3) is 0 Å². The number of nitrogens with one attached hydrogen (secondary N) is 1. The summed E-state index contributed by atoms with van der Waals surface area (Å²) in [6, 6.07) is 13.7. The third kappa shape index (κ3) is 6.85. The van der Waals surface area contributed by atoms with Gasteiger partial charge in [0.05, 0.1) is 18.6 Å². The number of carbonyl (C=O) groups excluding carboxylic acids is 1. The minimum Gasteiger partial charge on any atom is -0.490 e. The highest BCUT2D eigenvalue weighted by Crippen LogP contribution is 2.29. The number of carbonyl (C=O) groups is 1. The fraction of sp³-hybridized carbons (Fsp3) is 0.273. The van der Waals surface area contributed by atoms with Gasteiger partial charge in [0, 0.05) is 7.05 Å². The minimum absolute atomic E-state index is 0.194. The first-order valence-corrected chi connectivity index (χ1v) is 10.8. The Morgan fingerprint density at radius 3 is 2.84 bits per heavy atom. The molecule has 3 rings (SSSR count). The number of aromatic nitrogens is 3. The van der Waals surface area contributed by atoms with E-state index in [-0.39, 0.29) is 11.7 Å². The molecule has 0 spiro atoms. The third-order valence-corrected chi connectivity index (χ3v) is 5.18. The number of aryl methyl sites for hydroxylation is 2. The Bertz CT molecular complexity index is 1050. The number of benzene rings is 2. The van der Waals surface area contributed by atoms with Gasteiger partial charge in [0.25, 0.3) is 5.91 Å². The van der Waals surface area contributed by atoms with Gasteiger partial charge in [0.2, 0.25) is 0 Å². The molecular formula is C22H25N5O3S. The maximum atomic E-state index is 12.0. The first kappa shape index (κ1) is 22.4. The van der Waals surface area contributed by atoms with E-state index in [1.807, 2.05) is 44.3 Å². The summed E-state index contributed by atoms with van der Waals surface area (Å²) in [4.78, 5) is 12.0. The van der Waals surface area contributed by atoms with Crippen molar-refractivity contribution in [1.82, 2.24) is 20.2 Å². The van der Waals surface area contributed by atoms with Crippen molar-refractivity contribution in [2.24, 2.45) is 12.1 Å². The van der Waals surface area contributed by atoms with Crippen LogP contribution in [0.4, 0.5) is 0 Å². The molecule has 162 valence electrons. The summed E-state index contributed by atoms with van der Waals surface area (Å²) in [5.74, 6) is 1.25. The fourth-order valence-corrected chi connectivity index (χ4v) is 3.38. The first-order chi connectivity index (χ1) is 15.0. The van der Waals surface area contributed by atoms with E-state index in [0.717, 1.165) is 11.1 Å². The lowest BCUT2D eigenvalue weighted by atomic mass is 10.1. The Labute approximate surface area is 185 Å². The highest BCUT2D eigenvalue weighted by atomic mass is 32.2. The first-order valence-electron chi connectivity index (χ1n) is 9.79. The Kier molecular flexibility index (Phi) is 8.05. The second-order valence-electron chi connectivity index (χ2n) is 6.72. The van der Waals surface area contributed by atoms with Crippen molar-refractivity contribution < 1.29 is 14.3 Å². The SMILES string of the molecule is CCOc1cc(/C=N\NC(=O)CSc2nncn2C)ccc1OCc1cccc(C)c1. The summed E-state index contributed by atoms with van der Waals surface area (Å²) in [5.41, 5.74) is 5.58. The summed E-state index contributed by atoms with van der Waals surface area (Å²) in [6.45, 7) is 4.93. The molecule has 0 saturated carbocycles. The molecule has 0 saturated heterocycles. The standard InChI is InChI=1S/C22H25N5O3S/c1-4-29-20-11-17(8-9-19(20)30-13-18-7-5-6-16(2)10-18)12-23-25-21(28)14-31-22-26-24-15-27(22)3/h5-12,15H,4,13-14H2,1-3H3,(H,25,28)/b23-12-. The van der Waals surface area contributed by atoms with E-state index >= 15 is 0 Å². The van der Waals surface area contributed by atoms with Crippen LogP contribution >= 0.6 is 11.8 Å². The molecule has 31 heavy (non-hydrogen) atoms. The van der Waals surface area contributed by atoms with Crippen molar-refractivity contribution in [3.8, 4) is 11.5 Å². The zero-order valence-electron chi connectivity index (χ0n) is 17.7. The van der Waals surface area contributed by atoms with Gasteiger partial charge in [-0.25, -0.2) is 5.43 Å². The molecule has 1 heterocycles. The molecule has 0 bridgehead atoms. The average Bonchev–Trinajstić information content (AvgIpc) is 3.17. The van der Waals surface area contributed by atoms with Crippen LogP contribution in [0.15, 0.2) is 59.0 Å². The van der Waals surface area contributed by atoms with Gasteiger partial charge in [-0.05, 0) is 43.2 Å². The van der Waals surface area contributed by atoms with E-state index in [1.165, 1.54) is 17.3 Å². The predicted molar refractivity (Wildman–Crippen MR) is 121 cm³/mol. The molecule has 0 aliphatic carbocycles. The van der Waals surface area contributed by atoms with Gasteiger partial charge in [0.15, 0.2) is 16.7 Å². The highest BCUT2D eigenvalue weighted by molar-refractivity contribution is 7.99. The van der Waals surface area contributed by atoms with E-state index in [1.54, 1.807) is 17.1 Å². The highest BCUT2D eigenvalue weighted by Gasteiger charge is 2.08. The van der Waals surface area contributed by atoms with Crippen molar-refractivity contribution in [2.45, 2.75) is 25.6 Å². The Morgan fingerprint density at radius 1 is 1.23 bits per heavy atom. The zero-order valence-corrected chi connectivity index (χ0v) is 18.6. The quantitative estimate of drug-likeness (QED) is 0.296. The Hall–Kier alpha value is -3.33. The van der Waals surface area contributed by atoms with Gasteiger partial charge in [0.1, 0.15) is 12.9 Å². The lowest BCUT2D eigenvalue weighted by molar-refractivity contribution is -0.118. The molecule has 3 aromatic rings. The van der Waals surface area contributed by atoms with E-state index in [9.17, 15) is 4.79 Å². The number of rotatable bonds is 10. The molecule has 9 heteroatoms. The summed E-state index contributed by atoms with van der Waals surface area (Å²) in [5, 5.41) is 12.4. The van der Waals surface area contributed by atoms with Crippen LogP contribution in [0.2, 0.25) is 0 Å². The molecule has 2 aromatic carbocycles. The molecule has 0 atom stereocenters. The molecule has 0 unspecified atom stereocenters. The van der Waals surface area contributed by atoms with Crippen molar-refractivity contribution in [2.75, 3.05) is 12.4 Å². The molecular weight excluding hydrogens is 414 g/mol. The summed E-state index contributed by atoms with van der Waals surface area (Å²) >= 11 is 1.29. The third-order valence-electron chi connectivity index (χ3n) is 4.15. The largest absolute Gasteiger partial charge is 0.490 e. The van der Waals surface area contributed by atoms with Crippen LogP contribution in [-0.2, 0) is 18.4 Å². The van der Waals surface area contributed by atoms with Gasteiger partial charge in [-0.15, -0.1) is 10.2 Å². The monoisotopic (exact) mass is 439 g/mol. The van der Waals surface area contributed by atoms with Gasteiger partial charge < -0.3 is 14.0 Å². The summed E-state index contributed by atoms with van der Waals surface area (Å²) < 4.78 is 13.4. The van der Waals surface area contributed by atoms with Gasteiger partial charge >= 0.3 is 0 Å². The fourth-order valence-electron chi connectivity index (χ4n) is 2.70. The number of hydrazone groups is 1. The molecule has 0 radical (unpaired) electrons. The molecule has 1 aromatic heterocycles. The zero-order chi connectivity index (χ0) is 22.1. The molecule has 8 nitrogen and oxygen atoms in total. The molecule has 0 fully saturated rings. The minimum atomic E-state index is -0.229. The van der Waals surface area contributed by atoms with Crippen LogP contribution in [0.5, 0.6) is 11.5 Å². The Balaban J connectivity index is 1.56. The topological polar surface area (TPSA) is 90.6 Å². The number of hydrogen-bond acceptors (Lipinski definition) is 7.